The summed E-state index contributed by atoms with van der Waals surface area (Å²) in [4.78, 5) is 49.1. The van der Waals surface area contributed by atoms with Crippen LogP contribution in [0.25, 0.3) is 44.2 Å². The van der Waals surface area contributed by atoms with Crippen molar-refractivity contribution in [3.8, 4) is 11.4 Å². The normalized spacial score (nSPS) is 11.9. The smallest absolute Gasteiger partial charge is 0.410 e. The van der Waals surface area contributed by atoms with Crippen LogP contribution in [0.4, 0.5) is 15.4 Å². The summed E-state index contributed by atoms with van der Waals surface area (Å²) in [6.45, 7) is 16.3. The predicted molar refractivity (Wildman–Crippen MR) is 207 cm³/mol. The minimum absolute atomic E-state index is 0.240. The Morgan fingerprint density at radius 3 is 2.02 bits per heavy atom. The summed E-state index contributed by atoms with van der Waals surface area (Å²) in [5.41, 5.74) is 9.05. The zero-order valence-electron chi connectivity index (χ0n) is 30.4. The van der Waals surface area contributed by atoms with Gasteiger partial charge in [-0.2, -0.15) is 4.73 Å². The number of rotatable bonds is 6. The summed E-state index contributed by atoms with van der Waals surface area (Å²) in [6, 6.07) is 11.4. The molecule has 2 aliphatic rings. The number of benzene rings is 2. The largest absolute Gasteiger partial charge is 0.444 e. The van der Waals surface area contributed by atoms with Gasteiger partial charge in [0, 0.05) is 32.8 Å². The van der Waals surface area contributed by atoms with Gasteiger partial charge in [-0.15, -0.1) is 0 Å². The predicted octanol–water partition coefficient (Wildman–Crippen LogP) is 8.51. The van der Waals surface area contributed by atoms with E-state index in [2.05, 4.69) is 56.8 Å². The molecule has 0 saturated carbocycles. The first-order valence-electron chi connectivity index (χ1n) is 16.7. The third-order valence-corrected chi connectivity index (χ3v) is 8.63. The number of halogens is 2. The van der Waals surface area contributed by atoms with Crippen molar-refractivity contribution in [3.63, 3.8) is 0 Å². The maximum atomic E-state index is 12.3. The highest BCUT2D eigenvalue weighted by atomic mass is 79.9. The number of H-pyrrole nitrogens is 1. The van der Waals surface area contributed by atoms with E-state index in [-0.39, 0.29) is 12.6 Å². The first-order valence-corrected chi connectivity index (χ1v) is 18.3. The zero-order chi connectivity index (χ0) is 38.1. The average Bonchev–Trinajstić information content (AvgIpc) is 3.65. The molecule has 0 spiro atoms. The molecule has 4 N–H and O–H groups in total. The number of nitrogens with zero attached hydrogens (tertiary/aromatic N) is 7. The van der Waals surface area contributed by atoms with Crippen LogP contribution in [0.2, 0.25) is 0 Å². The maximum absolute atomic E-state index is 12.3. The molecule has 2 aliphatic heterocycles. The lowest BCUT2D eigenvalue weighted by molar-refractivity contribution is 0.0230. The van der Waals surface area contributed by atoms with Crippen molar-refractivity contribution in [2.45, 2.75) is 79.7 Å². The van der Waals surface area contributed by atoms with Crippen molar-refractivity contribution in [2.24, 2.45) is 0 Å². The molecule has 0 unspecified atom stereocenters. The first kappa shape index (κ1) is 38.5. The molecular formula is C36H43Br2N9O5. The second-order valence-electron chi connectivity index (χ2n) is 14.1. The van der Waals surface area contributed by atoms with Crippen LogP contribution in [0.15, 0.2) is 51.5 Å². The van der Waals surface area contributed by atoms with E-state index < -0.39 is 17.3 Å². The SMILES string of the molecule is CCN(Cc1nc2c([nH]1)c(N)nc1cc(Br)ccc12)C(=O)OC(C)(C)C.CCN(Cc1nc2cn(O)c3cc(Br)ccc3c-2n1)C(=O)OC(C)(C)C. The van der Waals surface area contributed by atoms with E-state index in [9.17, 15) is 14.8 Å². The molecule has 2 aromatic carbocycles. The van der Waals surface area contributed by atoms with Gasteiger partial charge < -0.3 is 35.2 Å². The highest BCUT2D eigenvalue weighted by molar-refractivity contribution is 9.10. The Hall–Kier alpha value is -4.70. The molecule has 2 amide bonds. The van der Waals surface area contributed by atoms with Crippen LogP contribution in [-0.2, 0) is 22.6 Å². The van der Waals surface area contributed by atoms with Gasteiger partial charge in [-0.25, -0.2) is 29.5 Å². The number of pyridine rings is 2. The van der Waals surface area contributed by atoms with Gasteiger partial charge in [0.2, 0.25) is 0 Å². The van der Waals surface area contributed by atoms with Gasteiger partial charge >= 0.3 is 12.2 Å². The Balaban J connectivity index is 0.000000201. The van der Waals surface area contributed by atoms with Gasteiger partial charge in [-0.3, -0.25) is 0 Å². The molecule has 6 rings (SSSR count). The van der Waals surface area contributed by atoms with Crippen molar-refractivity contribution in [2.75, 3.05) is 18.8 Å². The standard InChI is InChI=1S/C18H22BrN5O2.C18H21BrN4O3/c1-5-24(17(25)26-18(2,3)4)9-13-22-14-11-7-6-10(19)8-12(11)21-16(20)15(14)23-13;1-5-22(17(24)26-18(2,3)4)10-15-20-13-9-23(25)14-8-11(19)6-7-12(14)16(13)21-15/h6-8H,5,9H2,1-4H3,(H2,20,21)(H,22,23);6-9,25H,5,10H2,1-4H3. The molecule has 2 aromatic heterocycles. The van der Waals surface area contributed by atoms with Crippen LogP contribution in [0.3, 0.4) is 0 Å². The van der Waals surface area contributed by atoms with E-state index in [0.29, 0.717) is 59.5 Å². The summed E-state index contributed by atoms with van der Waals surface area (Å²) in [6.07, 6.45) is 0.741. The van der Waals surface area contributed by atoms with Gasteiger partial charge in [-0.05, 0) is 91.8 Å². The summed E-state index contributed by atoms with van der Waals surface area (Å²) >= 11 is 6.84. The van der Waals surface area contributed by atoms with Gasteiger partial charge in [0.25, 0.3) is 0 Å². The summed E-state index contributed by atoms with van der Waals surface area (Å²) < 4.78 is 13.7. The molecule has 14 nitrogen and oxygen atoms in total. The summed E-state index contributed by atoms with van der Waals surface area (Å²) in [5.74, 6) is 1.52. The molecule has 4 heterocycles. The number of nitrogen functional groups attached to an aromatic ring is 1. The van der Waals surface area contributed by atoms with Crippen LogP contribution in [0.1, 0.15) is 67.0 Å². The number of amides is 2. The topological polar surface area (TPSA) is 178 Å². The van der Waals surface area contributed by atoms with E-state index in [1.807, 2.05) is 91.8 Å². The lowest BCUT2D eigenvalue weighted by Gasteiger charge is -2.25. The lowest BCUT2D eigenvalue weighted by atomic mass is 10.1. The lowest BCUT2D eigenvalue weighted by Crippen LogP contribution is -2.36. The Morgan fingerprint density at radius 2 is 1.42 bits per heavy atom. The molecule has 0 aliphatic carbocycles. The van der Waals surface area contributed by atoms with Crippen LogP contribution in [0.5, 0.6) is 0 Å². The van der Waals surface area contributed by atoms with Crippen LogP contribution >= 0.6 is 31.9 Å². The van der Waals surface area contributed by atoms with Crippen LogP contribution in [0, 0.1) is 0 Å². The van der Waals surface area contributed by atoms with E-state index in [0.717, 1.165) is 35.5 Å². The monoisotopic (exact) mass is 839 g/mol. The number of carbonyl (C=O) groups excluding carboxylic acids is 2. The molecule has 0 bridgehead atoms. The van der Waals surface area contributed by atoms with E-state index in [1.54, 1.807) is 9.80 Å². The maximum Gasteiger partial charge on any atom is 0.410 e. The number of aromatic amines is 1. The third-order valence-electron chi connectivity index (χ3n) is 7.64. The van der Waals surface area contributed by atoms with Crippen LogP contribution in [-0.4, -0.2) is 81.1 Å². The van der Waals surface area contributed by atoms with Gasteiger partial charge in [0.15, 0.2) is 0 Å². The number of carbonyl (C=O) groups is 2. The van der Waals surface area contributed by atoms with Crippen molar-refractivity contribution in [1.29, 1.82) is 0 Å². The Labute approximate surface area is 318 Å². The van der Waals surface area contributed by atoms with Crippen molar-refractivity contribution < 1.29 is 24.3 Å². The molecule has 16 heteroatoms. The number of imidazole rings is 2. The highest BCUT2D eigenvalue weighted by Gasteiger charge is 2.25. The third kappa shape index (κ3) is 9.02. The number of nitrogens with one attached hydrogen (secondary N) is 1. The van der Waals surface area contributed by atoms with Crippen molar-refractivity contribution >= 4 is 82.7 Å². The molecular weight excluding hydrogens is 798 g/mol. The second-order valence-corrected chi connectivity index (χ2v) is 15.9. The Bertz CT molecular complexity index is 2220. The number of hydrogen-bond donors (Lipinski definition) is 3. The molecule has 0 atom stereocenters. The Morgan fingerprint density at radius 1 is 0.846 bits per heavy atom. The molecule has 52 heavy (non-hydrogen) atoms. The number of fused-ring (bicyclic) bond motifs is 6. The van der Waals surface area contributed by atoms with E-state index in [4.69, 9.17) is 15.2 Å². The number of nitrogens with two attached hydrogens (primary N) is 1. The Kier molecular flexibility index (Phi) is 11.2. The second kappa shape index (κ2) is 15.1. The molecule has 276 valence electrons. The highest BCUT2D eigenvalue weighted by Crippen LogP contribution is 2.31. The quantitative estimate of drug-likeness (QED) is 0.138. The van der Waals surface area contributed by atoms with Gasteiger partial charge in [-0.1, -0.05) is 31.9 Å². The minimum atomic E-state index is -0.561. The average molecular weight is 842 g/mol. The first-order chi connectivity index (χ1) is 24.3. The van der Waals surface area contributed by atoms with Crippen molar-refractivity contribution in [3.05, 3.63) is 63.2 Å². The van der Waals surface area contributed by atoms with Gasteiger partial charge in [0.1, 0.15) is 51.1 Å². The van der Waals surface area contributed by atoms with Crippen LogP contribution < -0.4 is 5.73 Å². The number of aromatic nitrogens is 6. The number of ether oxygens (including phenoxy) is 2. The fourth-order valence-corrected chi connectivity index (χ4v) is 6.02. The minimum Gasteiger partial charge on any atom is -0.444 e. The molecule has 0 fully saturated rings. The number of anilines is 1. The fraction of sp³-hybridized carbons (Fsp3) is 0.389. The zero-order valence-corrected chi connectivity index (χ0v) is 33.6. The fourth-order valence-electron chi connectivity index (χ4n) is 5.32. The van der Waals surface area contributed by atoms with Crippen molar-refractivity contribution in [1.82, 2.24) is 39.5 Å². The van der Waals surface area contributed by atoms with E-state index in [1.165, 1.54) is 6.20 Å². The molecule has 0 radical (unpaired) electrons. The molecule has 4 aromatic rings. The summed E-state index contributed by atoms with van der Waals surface area (Å²) in [5, 5.41) is 11.9. The number of hydrogen-bond acceptors (Lipinski definition) is 10. The molecule has 0 saturated heterocycles. The van der Waals surface area contributed by atoms with E-state index >= 15 is 0 Å². The van der Waals surface area contributed by atoms with Gasteiger partial charge in [0.05, 0.1) is 30.3 Å². The summed E-state index contributed by atoms with van der Waals surface area (Å²) in [7, 11) is 0.